The molecule has 0 amide bonds. The minimum Gasteiger partial charge on any atom is -0.467 e. The van der Waals surface area contributed by atoms with Gasteiger partial charge in [-0.2, -0.15) is 15.0 Å². The van der Waals surface area contributed by atoms with Gasteiger partial charge in [0, 0.05) is 6.54 Å². The highest BCUT2D eigenvalue weighted by atomic mass is 16.5. The maximum Gasteiger partial charge on any atom is 0.322 e. The summed E-state index contributed by atoms with van der Waals surface area (Å²) < 4.78 is 4.95. The molecule has 0 aliphatic carbocycles. The van der Waals surface area contributed by atoms with Gasteiger partial charge in [0.1, 0.15) is 0 Å². The van der Waals surface area contributed by atoms with Gasteiger partial charge in [0.2, 0.25) is 11.9 Å². The SMILES string of the molecule is CCCCC(CC)CNc1nc(N)nc(OC)n1. The van der Waals surface area contributed by atoms with Crippen molar-refractivity contribution in [2.24, 2.45) is 5.92 Å². The van der Waals surface area contributed by atoms with Gasteiger partial charge in [-0.25, -0.2) is 0 Å². The average Bonchev–Trinajstić information content (AvgIpc) is 2.38. The smallest absolute Gasteiger partial charge is 0.322 e. The van der Waals surface area contributed by atoms with Crippen LogP contribution in [-0.2, 0) is 0 Å². The fraction of sp³-hybridized carbons (Fsp3) is 0.750. The van der Waals surface area contributed by atoms with Crippen LogP contribution in [0, 0.1) is 5.92 Å². The molecule has 0 fully saturated rings. The van der Waals surface area contributed by atoms with E-state index in [1.165, 1.54) is 26.4 Å². The summed E-state index contributed by atoms with van der Waals surface area (Å²) >= 11 is 0. The van der Waals surface area contributed by atoms with Crippen molar-refractivity contribution in [2.45, 2.75) is 39.5 Å². The van der Waals surface area contributed by atoms with Gasteiger partial charge in [0.05, 0.1) is 7.11 Å². The molecule has 0 aliphatic heterocycles. The minimum atomic E-state index is 0.172. The lowest BCUT2D eigenvalue weighted by atomic mass is 9.99. The summed E-state index contributed by atoms with van der Waals surface area (Å²) in [5.41, 5.74) is 5.57. The highest BCUT2D eigenvalue weighted by Gasteiger charge is 2.08. The molecule has 0 radical (unpaired) electrons. The molecule has 0 bridgehead atoms. The second-order valence-electron chi connectivity index (χ2n) is 4.30. The van der Waals surface area contributed by atoms with Gasteiger partial charge in [0.25, 0.3) is 0 Å². The molecule has 6 nitrogen and oxygen atoms in total. The van der Waals surface area contributed by atoms with E-state index in [0.717, 1.165) is 13.0 Å². The van der Waals surface area contributed by atoms with E-state index >= 15 is 0 Å². The predicted octanol–water partition coefficient (Wildman–Crippen LogP) is 2.09. The van der Waals surface area contributed by atoms with Crippen LogP contribution in [0.15, 0.2) is 0 Å². The maximum absolute atomic E-state index is 5.57. The van der Waals surface area contributed by atoms with E-state index in [1.54, 1.807) is 0 Å². The molecule has 1 rings (SSSR count). The Morgan fingerprint density at radius 2 is 2.06 bits per heavy atom. The number of ether oxygens (including phenoxy) is 1. The van der Waals surface area contributed by atoms with Crippen LogP contribution in [0.25, 0.3) is 0 Å². The Kier molecular flexibility index (Phi) is 6.18. The van der Waals surface area contributed by atoms with Gasteiger partial charge in [-0.3, -0.25) is 0 Å². The molecule has 3 N–H and O–H groups in total. The van der Waals surface area contributed by atoms with Gasteiger partial charge in [-0.15, -0.1) is 0 Å². The lowest BCUT2D eigenvalue weighted by molar-refractivity contribution is 0.379. The summed E-state index contributed by atoms with van der Waals surface area (Å²) in [5.74, 6) is 1.29. The molecule has 0 spiro atoms. The van der Waals surface area contributed by atoms with Gasteiger partial charge in [-0.1, -0.05) is 33.1 Å². The third-order valence-electron chi connectivity index (χ3n) is 2.91. The first-order valence-electron chi connectivity index (χ1n) is 6.49. The summed E-state index contributed by atoms with van der Waals surface area (Å²) in [6.45, 7) is 5.26. The molecule has 1 aromatic heterocycles. The number of hydrogen-bond acceptors (Lipinski definition) is 6. The second-order valence-corrected chi connectivity index (χ2v) is 4.30. The topological polar surface area (TPSA) is 86.0 Å². The van der Waals surface area contributed by atoms with Crippen LogP contribution in [-0.4, -0.2) is 28.6 Å². The third kappa shape index (κ3) is 4.73. The number of unbranched alkanes of at least 4 members (excludes halogenated alkanes) is 1. The molecule has 0 saturated carbocycles. The third-order valence-corrected chi connectivity index (χ3v) is 2.91. The van der Waals surface area contributed by atoms with E-state index in [2.05, 4.69) is 34.1 Å². The van der Waals surface area contributed by atoms with Gasteiger partial charge >= 0.3 is 6.01 Å². The molecule has 102 valence electrons. The summed E-state index contributed by atoms with van der Waals surface area (Å²) in [6, 6.07) is 0.242. The number of rotatable bonds is 8. The molecule has 0 saturated heterocycles. The first-order valence-corrected chi connectivity index (χ1v) is 6.49. The predicted molar refractivity (Wildman–Crippen MR) is 72.6 cm³/mol. The van der Waals surface area contributed by atoms with Crippen molar-refractivity contribution in [3.63, 3.8) is 0 Å². The standard InChI is InChI=1S/C12H23N5O/c1-4-6-7-9(5-2)8-14-11-15-10(13)16-12(17-11)18-3/h9H,4-8H2,1-3H3,(H3,13,14,15,16,17). The Bertz CT molecular complexity index is 358. The van der Waals surface area contributed by atoms with Crippen LogP contribution < -0.4 is 15.8 Å². The van der Waals surface area contributed by atoms with Crippen LogP contribution in [0.1, 0.15) is 39.5 Å². The quantitative estimate of drug-likeness (QED) is 0.737. The van der Waals surface area contributed by atoms with Crippen molar-refractivity contribution in [2.75, 3.05) is 24.7 Å². The largest absolute Gasteiger partial charge is 0.467 e. The summed E-state index contributed by atoms with van der Waals surface area (Å²) in [7, 11) is 1.51. The molecular weight excluding hydrogens is 230 g/mol. The van der Waals surface area contributed by atoms with E-state index in [4.69, 9.17) is 10.5 Å². The average molecular weight is 253 g/mol. The van der Waals surface area contributed by atoms with Crippen molar-refractivity contribution >= 4 is 11.9 Å². The Morgan fingerprint density at radius 1 is 1.28 bits per heavy atom. The van der Waals surface area contributed by atoms with E-state index in [0.29, 0.717) is 11.9 Å². The normalized spacial score (nSPS) is 12.2. The van der Waals surface area contributed by atoms with Gasteiger partial charge in [-0.05, 0) is 12.3 Å². The number of nitrogens with zero attached hydrogens (tertiary/aromatic N) is 3. The molecule has 1 heterocycles. The molecule has 0 aliphatic rings. The summed E-state index contributed by atoms with van der Waals surface area (Å²) in [5, 5.41) is 3.20. The molecule has 1 atom stereocenters. The summed E-state index contributed by atoms with van der Waals surface area (Å²) in [6.07, 6.45) is 4.84. The van der Waals surface area contributed by atoms with Gasteiger partial charge < -0.3 is 15.8 Å². The number of anilines is 2. The first kappa shape index (κ1) is 14.5. The van der Waals surface area contributed by atoms with Crippen LogP contribution >= 0.6 is 0 Å². The van der Waals surface area contributed by atoms with E-state index in [-0.39, 0.29) is 12.0 Å². The monoisotopic (exact) mass is 253 g/mol. The Hall–Kier alpha value is -1.59. The highest BCUT2D eigenvalue weighted by molar-refractivity contribution is 5.32. The van der Waals surface area contributed by atoms with Crippen molar-refractivity contribution < 1.29 is 4.74 Å². The second kappa shape index (κ2) is 7.68. The molecule has 6 heteroatoms. The highest BCUT2D eigenvalue weighted by Crippen LogP contribution is 2.14. The Morgan fingerprint density at radius 3 is 2.67 bits per heavy atom. The van der Waals surface area contributed by atoms with E-state index in [1.807, 2.05) is 0 Å². The molecule has 1 aromatic rings. The molecule has 18 heavy (non-hydrogen) atoms. The zero-order chi connectivity index (χ0) is 13.4. The van der Waals surface area contributed by atoms with Crippen molar-refractivity contribution in [1.82, 2.24) is 15.0 Å². The number of methoxy groups -OCH3 is 1. The maximum atomic E-state index is 5.57. The number of nitrogen functional groups attached to an aromatic ring is 1. The van der Waals surface area contributed by atoms with Crippen LogP contribution in [0.5, 0.6) is 6.01 Å². The Labute approximate surface area is 108 Å². The zero-order valence-electron chi connectivity index (χ0n) is 11.4. The number of hydrogen-bond donors (Lipinski definition) is 2. The van der Waals surface area contributed by atoms with Crippen LogP contribution in [0.3, 0.4) is 0 Å². The minimum absolute atomic E-state index is 0.172. The summed E-state index contributed by atoms with van der Waals surface area (Å²) in [4.78, 5) is 12.0. The Balaban J connectivity index is 2.53. The van der Waals surface area contributed by atoms with E-state index < -0.39 is 0 Å². The van der Waals surface area contributed by atoms with Gasteiger partial charge in [0.15, 0.2) is 0 Å². The first-order chi connectivity index (χ1) is 8.69. The number of aromatic nitrogens is 3. The van der Waals surface area contributed by atoms with Crippen molar-refractivity contribution in [1.29, 1.82) is 0 Å². The molecular formula is C12H23N5O. The van der Waals surface area contributed by atoms with Crippen LogP contribution in [0.4, 0.5) is 11.9 Å². The van der Waals surface area contributed by atoms with Crippen molar-refractivity contribution in [3.8, 4) is 6.01 Å². The lowest BCUT2D eigenvalue weighted by Gasteiger charge is -2.15. The number of nitrogens with one attached hydrogen (secondary N) is 1. The van der Waals surface area contributed by atoms with Crippen LogP contribution in [0.2, 0.25) is 0 Å². The zero-order valence-corrected chi connectivity index (χ0v) is 11.4. The van der Waals surface area contributed by atoms with Crippen molar-refractivity contribution in [3.05, 3.63) is 0 Å². The lowest BCUT2D eigenvalue weighted by Crippen LogP contribution is -2.16. The number of nitrogens with two attached hydrogens (primary N) is 1. The fourth-order valence-electron chi connectivity index (χ4n) is 1.72. The molecule has 0 aromatic carbocycles. The van der Waals surface area contributed by atoms with E-state index in [9.17, 15) is 0 Å². The molecule has 1 unspecified atom stereocenters. The fourth-order valence-corrected chi connectivity index (χ4v) is 1.72.